The van der Waals surface area contributed by atoms with Crippen molar-refractivity contribution in [2.75, 3.05) is 26.2 Å². The summed E-state index contributed by atoms with van der Waals surface area (Å²) in [4.78, 5) is 17.1. The topological polar surface area (TPSA) is 80.0 Å². The van der Waals surface area contributed by atoms with Crippen molar-refractivity contribution in [1.29, 1.82) is 0 Å². The fourth-order valence-corrected chi connectivity index (χ4v) is 5.30. The number of ether oxygens (including phenoxy) is 1. The van der Waals surface area contributed by atoms with E-state index in [0.717, 1.165) is 17.2 Å². The Morgan fingerprint density at radius 2 is 1.79 bits per heavy atom. The Kier molecular flexibility index (Phi) is 12.7. The molecular formula is C33H37F7N4O3. The van der Waals surface area contributed by atoms with Gasteiger partial charge in [0.25, 0.3) is 0 Å². The molecule has 1 saturated heterocycles. The second kappa shape index (κ2) is 16.1. The molecule has 1 aromatic heterocycles. The molecule has 7 nitrogen and oxygen atoms in total. The van der Waals surface area contributed by atoms with Crippen LogP contribution in [0.4, 0.5) is 30.7 Å². The molecule has 1 fully saturated rings. The molecule has 0 saturated carbocycles. The number of aliphatic imine (C=N–C) groups is 1. The minimum Gasteiger partial charge on any atom is -0.485 e. The van der Waals surface area contributed by atoms with Crippen LogP contribution in [0.2, 0.25) is 0 Å². The highest BCUT2D eigenvalue weighted by atomic mass is 19.4. The number of aromatic nitrogens is 2. The number of aromatic carboxylic acids is 1. The molecule has 1 aliphatic heterocycles. The average molecular weight is 671 g/mol. The van der Waals surface area contributed by atoms with Crippen LogP contribution in [-0.2, 0) is 6.18 Å². The Morgan fingerprint density at radius 3 is 2.32 bits per heavy atom. The van der Waals surface area contributed by atoms with E-state index in [4.69, 9.17) is 4.74 Å². The van der Waals surface area contributed by atoms with Gasteiger partial charge >= 0.3 is 18.3 Å². The first-order valence-electron chi connectivity index (χ1n) is 15.0. The van der Waals surface area contributed by atoms with E-state index >= 15 is 4.39 Å². The van der Waals surface area contributed by atoms with Crippen molar-refractivity contribution in [3.05, 3.63) is 89.1 Å². The second-order valence-corrected chi connectivity index (χ2v) is 10.8. The first-order chi connectivity index (χ1) is 22.1. The molecule has 3 rings (SSSR count). The van der Waals surface area contributed by atoms with Crippen molar-refractivity contribution in [3.8, 4) is 5.75 Å². The lowest BCUT2D eigenvalue weighted by molar-refractivity contribution is -0.148. The fraction of sp³-hybridized carbons (Fsp3) is 0.424. The Bertz CT molecular complexity index is 1540. The van der Waals surface area contributed by atoms with Crippen LogP contribution < -0.4 is 4.74 Å². The van der Waals surface area contributed by atoms with Crippen LogP contribution in [0.15, 0.2) is 71.4 Å². The zero-order valence-electron chi connectivity index (χ0n) is 26.3. The number of benzene rings is 1. The summed E-state index contributed by atoms with van der Waals surface area (Å²) in [6.45, 7) is 8.66. The third kappa shape index (κ3) is 9.90. The van der Waals surface area contributed by atoms with Crippen LogP contribution >= 0.6 is 0 Å². The highest BCUT2D eigenvalue weighted by molar-refractivity contribution is 6.11. The number of hydrogen-bond acceptors (Lipinski definition) is 5. The van der Waals surface area contributed by atoms with Crippen LogP contribution in [0.3, 0.4) is 0 Å². The molecule has 0 radical (unpaired) electrons. The summed E-state index contributed by atoms with van der Waals surface area (Å²) in [5, 5.41) is 12.9. The van der Waals surface area contributed by atoms with Gasteiger partial charge in [-0.1, -0.05) is 44.2 Å². The standard InChI is InChI=1S/C33H37F7N4O3/c1-5-21(12-13-22(6-2)23-14-16-43(17-15-23)20-32(35,36)37)19-47-29-24(10-9-11-26(29)34)27(7-3)42-28(8-4)44-30(33(38,39)40)25(18-41-44)31(45)46/h7-13,18,23H,3,5-6,14-17,19-20H2,1-2,4H3,(H,45,46)/b21-12+,22-13+,28-8+,42-27+. The third-order valence-corrected chi connectivity index (χ3v) is 7.73. The van der Waals surface area contributed by atoms with E-state index in [1.54, 1.807) is 0 Å². The predicted octanol–water partition coefficient (Wildman–Crippen LogP) is 8.56. The molecule has 256 valence electrons. The van der Waals surface area contributed by atoms with Crippen LogP contribution in [-0.4, -0.2) is 63.9 Å². The number of para-hydroxylation sites is 1. The lowest BCUT2D eigenvalue weighted by atomic mass is 9.87. The van der Waals surface area contributed by atoms with Crippen molar-refractivity contribution < 1.29 is 45.4 Å². The van der Waals surface area contributed by atoms with Gasteiger partial charge in [-0.3, -0.25) is 4.90 Å². The predicted molar refractivity (Wildman–Crippen MR) is 165 cm³/mol. The Balaban J connectivity index is 1.87. The molecule has 0 spiro atoms. The highest BCUT2D eigenvalue weighted by Gasteiger charge is 2.41. The molecule has 0 unspecified atom stereocenters. The lowest BCUT2D eigenvalue weighted by Crippen LogP contribution is -2.40. The van der Waals surface area contributed by atoms with Gasteiger partial charge in [0.2, 0.25) is 0 Å². The molecule has 0 amide bonds. The first kappa shape index (κ1) is 37.3. The van der Waals surface area contributed by atoms with Gasteiger partial charge in [-0.25, -0.2) is 18.9 Å². The van der Waals surface area contributed by atoms with E-state index in [0.29, 0.717) is 49.7 Å². The number of carbonyl (C=O) groups is 1. The Morgan fingerprint density at radius 1 is 1.11 bits per heavy atom. The van der Waals surface area contributed by atoms with E-state index in [2.05, 4.69) is 16.7 Å². The van der Waals surface area contributed by atoms with Crippen molar-refractivity contribution >= 4 is 17.5 Å². The maximum Gasteiger partial charge on any atom is 0.434 e. The van der Waals surface area contributed by atoms with Crippen LogP contribution in [0.25, 0.3) is 5.82 Å². The maximum absolute atomic E-state index is 15.1. The number of alkyl halides is 6. The van der Waals surface area contributed by atoms with E-state index in [9.17, 15) is 36.2 Å². The molecule has 2 aromatic rings. The number of likely N-dealkylation sites (tertiary alicyclic amines) is 1. The molecule has 47 heavy (non-hydrogen) atoms. The monoisotopic (exact) mass is 670 g/mol. The molecule has 1 aromatic carbocycles. The minimum absolute atomic E-state index is 0.0395. The smallest absolute Gasteiger partial charge is 0.434 e. The van der Waals surface area contributed by atoms with Crippen LogP contribution in [0.5, 0.6) is 5.75 Å². The van der Waals surface area contributed by atoms with Crippen molar-refractivity contribution in [3.63, 3.8) is 0 Å². The Hall–Kier alpha value is -4.20. The van der Waals surface area contributed by atoms with Gasteiger partial charge in [0.1, 0.15) is 18.0 Å². The molecule has 0 atom stereocenters. The van der Waals surface area contributed by atoms with E-state index < -0.39 is 41.9 Å². The number of allylic oxidation sites excluding steroid dienone is 5. The van der Waals surface area contributed by atoms with Crippen molar-refractivity contribution in [1.82, 2.24) is 14.7 Å². The Labute approximate surface area is 268 Å². The van der Waals surface area contributed by atoms with Gasteiger partial charge in [-0.2, -0.15) is 31.4 Å². The molecule has 2 heterocycles. The van der Waals surface area contributed by atoms with Crippen molar-refractivity contribution in [2.45, 2.75) is 58.8 Å². The SMILES string of the molecule is C=C/C(=N\C(=C/C)n1ncc(C(=O)O)c1C(F)(F)F)c1cccc(F)c1OC/C(=C/C=C(\CC)C1CCN(CC(F)(F)F)CC1)CC. The molecule has 0 aliphatic carbocycles. The average Bonchev–Trinajstić information content (AvgIpc) is 3.47. The number of nitrogens with zero attached hydrogens (tertiary/aromatic N) is 4. The summed E-state index contributed by atoms with van der Waals surface area (Å²) >= 11 is 0. The number of piperidine rings is 1. The van der Waals surface area contributed by atoms with Gasteiger partial charge in [0, 0.05) is 5.56 Å². The summed E-state index contributed by atoms with van der Waals surface area (Å²) < 4.78 is 101. The van der Waals surface area contributed by atoms with Gasteiger partial charge in [-0.05, 0) is 81.5 Å². The largest absolute Gasteiger partial charge is 0.485 e. The number of carboxylic acid groups (broad SMARTS) is 1. The maximum atomic E-state index is 15.1. The third-order valence-electron chi connectivity index (χ3n) is 7.73. The number of halogens is 7. The van der Waals surface area contributed by atoms with Gasteiger partial charge in [-0.15, -0.1) is 0 Å². The minimum atomic E-state index is -5.07. The second-order valence-electron chi connectivity index (χ2n) is 10.8. The molecular weight excluding hydrogens is 633 g/mol. The molecule has 14 heteroatoms. The quantitative estimate of drug-likeness (QED) is 0.131. The summed E-state index contributed by atoms with van der Waals surface area (Å²) in [6.07, 6.45) is -0.0765. The van der Waals surface area contributed by atoms with E-state index in [1.165, 1.54) is 36.1 Å². The van der Waals surface area contributed by atoms with E-state index in [-0.39, 0.29) is 35.4 Å². The first-order valence-corrected chi connectivity index (χ1v) is 15.0. The van der Waals surface area contributed by atoms with Crippen molar-refractivity contribution in [2.24, 2.45) is 10.9 Å². The normalized spacial score (nSPS) is 16.5. The number of rotatable bonds is 13. The summed E-state index contributed by atoms with van der Waals surface area (Å²) in [6, 6.07) is 3.98. The van der Waals surface area contributed by atoms with Gasteiger partial charge in [0.05, 0.1) is 18.5 Å². The molecule has 1 aliphatic rings. The van der Waals surface area contributed by atoms with Crippen LogP contribution in [0, 0.1) is 11.7 Å². The zero-order chi connectivity index (χ0) is 34.9. The number of carboxylic acids is 1. The molecule has 1 N–H and O–H groups in total. The highest BCUT2D eigenvalue weighted by Crippen LogP contribution is 2.35. The zero-order valence-corrected chi connectivity index (χ0v) is 26.3. The van der Waals surface area contributed by atoms with E-state index in [1.807, 2.05) is 26.0 Å². The number of hydrogen-bond donors (Lipinski definition) is 1. The summed E-state index contributed by atoms with van der Waals surface area (Å²) in [5.74, 6) is -3.04. The summed E-state index contributed by atoms with van der Waals surface area (Å²) in [7, 11) is 0. The fourth-order valence-electron chi connectivity index (χ4n) is 5.30. The summed E-state index contributed by atoms with van der Waals surface area (Å²) in [5.41, 5.74) is -0.682. The van der Waals surface area contributed by atoms with Crippen LogP contribution in [0.1, 0.15) is 68.1 Å². The van der Waals surface area contributed by atoms with Gasteiger partial charge in [0.15, 0.2) is 17.3 Å². The molecule has 0 bridgehead atoms. The van der Waals surface area contributed by atoms with Gasteiger partial charge < -0.3 is 9.84 Å². The lowest BCUT2D eigenvalue weighted by Gasteiger charge is -2.33.